The van der Waals surface area contributed by atoms with E-state index in [9.17, 15) is 13.2 Å². The van der Waals surface area contributed by atoms with Crippen molar-refractivity contribution in [1.29, 1.82) is 0 Å². The summed E-state index contributed by atoms with van der Waals surface area (Å²) < 4.78 is 23.3. The van der Waals surface area contributed by atoms with Gasteiger partial charge in [0.25, 0.3) is 5.91 Å². The molecule has 1 aromatic heterocycles. The Bertz CT molecular complexity index is 868. The van der Waals surface area contributed by atoms with E-state index in [1.54, 1.807) is 0 Å². The van der Waals surface area contributed by atoms with Crippen molar-refractivity contribution in [3.8, 4) is 0 Å². The molecule has 2 saturated heterocycles. The smallest absolute Gasteiger partial charge is 0.275 e. The standard InChI is InChI=1S/C16H20N4O3S/c21-16(15-13-3-1-2-4-14(13)17-18-15)20-8-6-19(7-9-20)12-5-10-24(22,23)11-12/h1-4,12H,5-11H2,(H,17,18)/t12-/m1/s1. The number of aromatic amines is 1. The Morgan fingerprint density at radius 3 is 2.62 bits per heavy atom. The van der Waals surface area contributed by atoms with Crippen LogP contribution in [0.15, 0.2) is 24.3 Å². The average molecular weight is 348 g/mol. The quantitative estimate of drug-likeness (QED) is 0.854. The predicted octanol–water partition coefficient (Wildman–Crippen LogP) is 0.508. The van der Waals surface area contributed by atoms with E-state index in [1.807, 2.05) is 29.2 Å². The highest BCUT2D eigenvalue weighted by molar-refractivity contribution is 7.91. The van der Waals surface area contributed by atoms with Gasteiger partial charge in [0.05, 0.1) is 17.0 Å². The SMILES string of the molecule is O=C(c1n[nH]c2ccccc12)N1CCN([C@@H]2CCS(=O)(=O)C2)CC1. The minimum absolute atomic E-state index is 0.0638. The van der Waals surface area contributed by atoms with Gasteiger partial charge in [0.1, 0.15) is 0 Å². The van der Waals surface area contributed by atoms with Gasteiger partial charge in [-0.3, -0.25) is 14.8 Å². The number of amides is 1. The van der Waals surface area contributed by atoms with Crippen LogP contribution in [0.1, 0.15) is 16.9 Å². The number of carbonyl (C=O) groups is 1. The summed E-state index contributed by atoms with van der Waals surface area (Å²) in [5.74, 6) is 0.479. The van der Waals surface area contributed by atoms with Gasteiger partial charge in [-0.05, 0) is 12.5 Å². The van der Waals surface area contributed by atoms with Gasteiger partial charge in [-0.25, -0.2) is 8.42 Å². The molecule has 1 atom stereocenters. The van der Waals surface area contributed by atoms with E-state index in [1.165, 1.54) is 0 Å². The molecule has 2 aromatic rings. The number of sulfone groups is 1. The van der Waals surface area contributed by atoms with Crippen molar-refractivity contribution in [2.24, 2.45) is 0 Å². The zero-order valence-electron chi connectivity index (χ0n) is 13.3. The Hall–Kier alpha value is -1.93. The molecular weight excluding hydrogens is 328 g/mol. The lowest BCUT2D eigenvalue weighted by atomic mass is 10.1. The van der Waals surface area contributed by atoms with Crippen molar-refractivity contribution in [3.05, 3.63) is 30.0 Å². The summed E-state index contributed by atoms with van der Waals surface area (Å²) in [5, 5.41) is 7.91. The fourth-order valence-electron chi connectivity index (χ4n) is 3.63. The van der Waals surface area contributed by atoms with E-state index in [-0.39, 0.29) is 23.5 Å². The van der Waals surface area contributed by atoms with Crippen LogP contribution in [0.25, 0.3) is 10.9 Å². The number of fused-ring (bicyclic) bond motifs is 1. The number of rotatable bonds is 2. The topological polar surface area (TPSA) is 86.4 Å². The van der Waals surface area contributed by atoms with Gasteiger partial charge in [0.15, 0.2) is 15.5 Å². The third kappa shape index (κ3) is 2.80. The van der Waals surface area contributed by atoms with E-state index in [0.29, 0.717) is 38.3 Å². The zero-order chi connectivity index (χ0) is 16.7. The molecule has 3 heterocycles. The Labute approximate surface area is 140 Å². The molecule has 2 aliphatic heterocycles. The number of nitrogens with one attached hydrogen (secondary N) is 1. The maximum absolute atomic E-state index is 12.7. The number of H-pyrrole nitrogens is 1. The largest absolute Gasteiger partial charge is 0.335 e. The Morgan fingerprint density at radius 2 is 1.92 bits per heavy atom. The second-order valence-electron chi connectivity index (χ2n) is 6.50. The second-order valence-corrected chi connectivity index (χ2v) is 8.73. The van der Waals surface area contributed by atoms with E-state index in [0.717, 1.165) is 10.9 Å². The van der Waals surface area contributed by atoms with Crippen molar-refractivity contribution in [2.45, 2.75) is 12.5 Å². The molecule has 2 aliphatic rings. The van der Waals surface area contributed by atoms with Crippen LogP contribution in [0.3, 0.4) is 0 Å². The highest BCUT2D eigenvalue weighted by Crippen LogP contribution is 2.21. The van der Waals surface area contributed by atoms with Crippen LogP contribution >= 0.6 is 0 Å². The molecule has 4 rings (SSSR count). The van der Waals surface area contributed by atoms with Crippen molar-refractivity contribution in [2.75, 3.05) is 37.7 Å². The van der Waals surface area contributed by atoms with E-state index in [4.69, 9.17) is 0 Å². The van der Waals surface area contributed by atoms with E-state index < -0.39 is 9.84 Å². The van der Waals surface area contributed by atoms with Gasteiger partial charge in [-0.15, -0.1) is 0 Å². The number of benzene rings is 1. The van der Waals surface area contributed by atoms with Crippen LogP contribution in [-0.4, -0.2) is 78.0 Å². The van der Waals surface area contributed by atoms with Gasteiger partial charge in [0.2, 0.25) is 0 Å². The zero-order valence-corrected chi connectivity index (χ0v) is 14.1. The lowest BCUT2D eigenvalue weighted by Gasteiger charge is -2.37. The third-order valence-electron chi connectivity index (χ3n) is 5.00. The molecule has 0 spiro atoms. The van der Waals surface area contributed by atoms with Crippen LogP contribution in [0.5, 0.6) is 0 Å². The molecule has 0 bridgehead atoms. The first-order valence-corrected chi connectivity index (χ1v) is 10.0. The van der Waals surface area contributed by atoms with E-state index >= 15 is 0 Å². The molecule has 7 nitrogen and oxygen atoms in total. The van der Waals surface area contributed by atoms with Gasteiger partial charge in [0, 0.05) is 37.6 Å². The van der Waals surface area contributed by atoms with Crippen molar-refractivity contribution in [3.63, 3.8) is 0 Å². The summed E-state index contributed by atoms with van der Waals surface area (Å²) in [7, 11) is -2.87. The first-order chi connectivity index (χ1) is 11.5. The van der Waals surface area contributed by atoms with Gasteiger partial charge >= 0.3 is 0 Å². The Balaban J connectivity index is 1.43. The molecule has 0 aliphatic carbocycles. The number of hydrogen-bond acceptors (Lipinski definition) is 5. The first kappa shape index (κ1) is 15.6. The maximum atomic E-state index is 12.7. The van der Waals surface area contributed by atoms with Crippen molar-refractivity contribution in [1.82, 2.24) is 20.0 Å². The number of nitrogens with zero attached hydrogens (tertiary/aromatic N) is 3. The molecule has 1 aromatic carbocycles. The minimum atomic E-state index is -2.87. The third-order valence-corrected chi connectivity index (χ3v) is 6.75. The summed E-state index contributed by atoms with van der Waals surface area (Å²) in [5.41, 5.74) is 1.32. The second kappa shape index (κ2) is 5.86. The molecule has 8 heteroatoms. The number of piperazine rings is 1. The first-order valence-electron chi connectivity index (χ1n) is 8.20. The molecule has 0 radical (unpaired) electrons. The predicted molar refractivity (Wildman–Crippen MR) is 90.6 cm³/mol. The molecule has 1 amide bonds. The Morgan fingerprint density at radius 1 is 1.17 bits per heavy atom. The summed E-state index contributed by atoms with van der Waals surface area (Å²) in [6.07, 6.45) is 0.709. The average Bonchev–Trinajstić information content (AvgIpc) is 3.17. The molecule has 1 N–H and O–H groups in total. The highest BCUT2D eigenvalue weighted by Gasteiger charge is 2.34. The number of aromatic nitrogens is 2. The number of para-hydroxylation sites is 1. The number of hydrogen-bond donors (Lipinski definition) is 1. The molecule has 2 fully saturated rings. The lowest BCUT2D eigenvalue weighted by Crippen LogP contribution is -2.52. The van der Waals surface area contributed by atoms with Crippen LogP contribution < -0.4 is 0 Å². The molecule has 0 unspecified atom stereocenters. The van der Waals surface area contributed by atoms with Gasteiger partial charge in [-0.1, -0.05) is 18.2 Å². The fourth-order valence-corrected chi connectivity index (χ4v) is 5.39. The number of carbonyl (C=O) groups excluding carboxylic acids is 1. The van der Waals surface area contributed by atoms with Crippen molar-refractivity contribution < 1.29 is 13.2 Å². The monoisotopic (exact) mass is 348 g/mol. The highest BCUT2D eigenvalue weighted by atomic mass is 32.2. The van der Waals surface area contributed by atoms with Crippen molar-refractivity contribution >= 4 is 26.6 Å². The molecular formula is C16H20N4O3S. The molecule has 128 valence electrons. The minimum Gasteiger partial charge on any atom is -0.335 e. The molecule has 0 saturated carbocycles. The summed E-state index contributed by atoms with van der Waals surface area (Å²) in [6.45, 7) is 2.65. The fraction of sp³-hybridized carbons (Fsp3) is 0.500. The maximum Gasteiger partial charge on any atom is 0.275 e. The van der Waals surface area contributed by atoms with Crippen LogP contribution in [0, 0.1) is 0 Å². The van der Waals surface area contributed by atoms with Crippen LogP contribution in [-0.2, 0) is 9.84 Å². The lowest BCUT2D eigenvalue weighted by molar-refractivity contribution is 0.0584. The normalized spacial score (nSPS) is 24.5. The van der Waals surface area contributed by atoms with Gasteiger partial charge < -0.3 is 4.90 Å². The van der Waals surface area contributed by atoms with Crippen LogP contribution in [0.2, 0.25) is 0 Å². The van der Waals surface area contributed by atoms with Gasteiger partial charge in [-0.2, -0.15) is 5.10 Å². The van der Waals surface area contributed by atoms with E-state index in [2.05, 4.69) is 15.1 Å². The summed E-state index contributed by atoms with van der Waals surface area (Å²) in [6, 6.07) is 7.71. The summed E-state index contributed by atoms with van der Waals surface area (Å²) >= 11 is 0. The Kier molecular flexibility index (Phi) is 3.80. The summed E-state index contributed by atoms with van der Waals surface area (Å²) in [4.78, 5) is 16.7. The molecule has 24 heavy (non-hydrogen) atoms. The van der Waals surface area contributed by atoms with Crippen LogP contribution in [0.4, 0.5) is 0 Å².